The first kappa shape index (κ1) is 29.7. The zero-order valence-corrected chi connectivity index (χ0v) is 25.1. The van der Waals surface area contributed by atoms with Gasteiger partial charge in [0.05, 0.1) is 17.1 Å². The smallest absolute Gasteiger partial charge is 0.261 e. The van der Waals surface area contributed by atoms with E-state index in [2.05, 4.69) is 20.9 Å². The second-order valence-electron chi connectivity index (χ2n) is 11.3. The minimum atomic E-state index is -0.945. The van der Waals surface area contributed by atoms with Crippen molar-refractivity contribution in [1.29, 1.82) is 0 Å². The molecule has 0 aliphatic heterocycles. The molecule has 0 unspecified atom stereocenters. The predicted molar refractivity (Wildman–Crippen MR) is 175 cm³/mol. The second kappa shape index (κ2) is 12.8. The molecule has 0 bridgehead atoms. The molecule has 0 radical (unpaired) electrons. The fourth-order valence-corrected chi connectivity index (χ4v) is 5.35. The zero-order valence-electron chi connectivity index (χ0n) is 25.1. The van der Waals surface area contributed by atoms with E-state index in [1.807, 2.05) is 59.1 Å². The van der Waals surface area contributed by atoms with Crippen LogP contribution in [-0.4, -0.2) is 37.7 Å². The van der Waals surface area contributed by atoms with Crippen LogP contribution < -0.4 is 16.0 Å². The van der Waals surface area contributed by atoms with Gasteiger partial charge >= 0.3 is 0 Å². The number of hydrogen-bond acceptors (Lipinski definition) is 6. The van der Waals surface area contributed by atoms with Crippen molar-refractivity contribution in [1.82, 2.24) is 24.7 Å². The third-order valence-corrected chi connectivity index (χ3v) is 7.88. The number of hydrogen-bond donors (Lipinski definition) is 3. The van der Waals surface area contributed by atoms with Gasteiger partial charge in [-0.25, -0.2) is 23.7 Å². The SMILES string of the molecule is O=C(Nc1cccc(-c2nc3ccccn3c2-c2ccnc(Nc3ccc(CCNC(=O)C4CC4)cc3)n2)c1)c1c(F)cccc1F. The minimum absolute atomic E-state index is 0.144. The van der Waals surface area contributed by atoms with Crippen LogP contribution >= 0.6 is 0 Å². The van der Waals surface area contributed by atoms with Crippen molar-refractivity contribution in [3.63, 3.8) is 0 Å². The lowest BCUT2D eigenvalue weighted by Gasteiger charge is -2.11. The summed E-state index contributed by atoms with van der Waals surface area (Å²) in [6.45, 7) is 0.605. The number of nitrogens with zero attached hydrogens (tertiary/aromatic N) is 4. The first-order chi connectivity index (χ1) is 22.9. The zero-order chi connectivity index (χ0) is 32.3. The molecule has 234 valence electrons. The molecule has 6 aromatic rings. The standard InChI is InChI=1S/C36H29F2N7O2/c37-27-7-4-8-28(38)31(27)35(47)41-26-6-3-5-24(21-26)32-33(45-20-2-1-9-30(45)44-32)29-17-19-40-36(43-29)42-25-14-10-22(11-15-25)16-18-39-34(46)23-12-13-23/h1-11,14-15,17,19-21,23H,12-13,16,18H2,(H,39,46)(H,41,47)(H,40,42,43). The molecular weight excluding hydrogens is 600 g/mol. The molecule has 1 aliphatic carbocycles. The maximum atomic E-state index is 14.2. The van der Waals surface area contributed by atoms with Gasteiger partial charge in [0.25, 0.3) is 5.91 Å². The van der Waals surface area contributed by atoms with Gasteiger partial charge in [-0.05, 0) is 79.4 Å². The highest BCUT2D eigenvalue weighted by Crippen LogP contribution is 2.34. The van der Waals surface area contributed by atoms with Crippen molar-refractivity contribution in [3.8, 4) is 22.6 Å². The first-order valence-electron chi connectivity index (χ1n) is 15.2. The molecule has 3 aromatic carbocycles. The van der Waals surface area contributed by atoms with E-state index in [1.165, 1.54) is 6.07 Å². The summed E-state index contributed by atoms with van der Waals surface area (Å²) >= 11 is 0. The van der Waals surface area contributed by atoms with E-state index in [1.54, 1.807) is 30.5 Å². The Morgan fingerprint density at radius 1 is 0.851 bits per heavy atom. The summed E-state index contributed by atoms with van der Waals surface area (Å²) in [5, 5.41) is 8.85. The number of benzene rings is 3. The highest BCUT2D eigenvalue weighted by Gasteiger charge is 2.29. The van der Waals surface area contributed by atoms with Crippen molar-refractivity contribution in [2.45, 2.75) is 19.3 Å². The number of amides is 2. The Morgan fingerprint density at radius 2 is 1.64 bits per heavy atom. The number of aromatic nitrogens is 4. The molecule has 1 fully saturated rings. The average Bonchev–Trinajstić information content (AvgIpc) is 3.86. The van der Waals surface area contributed by atoms with Crippen LogP contribution in [0.2, 0.25) is 0 Å². The van der Waals surface area contributed by atoms with Gasteiger partial charge in [-0.15, -0.1) is 0 Å². The Balaban J connectivity index is 1.13. The third-order valence-electron chi connectivity index (χ3n) is 7.88. The Kier molecular flexibility index (Phi) is 8.09. The van der Waals surface area contributed by atoms with E-state index >= 15 is 0 Å². The number of carbonyl (C=O) groups excluding carboxylic acids is 2. The van der Waals surface area contributed by atoms with E-state index in [0.29, 0.717) is 46.5 Å². The molecule has 0 spiro atoms. The van der Waals surface area contributed by atoms with Crippen LogP contribution in [0.1, 0.15) is 28.8 Å². The Labute approximate surface area is 268 Å². The number of halogens is 2. The van der Waals surface area contributed by atoms with E-state index < -0.39 is 23.1 Å². The van der Waals surface area contributed by atoms with Crippen LogP contribution in [0.3, 0.4) is 0 Å². The average molecular weight is 630 g/mol. The molecule has 9 nitrogen and oxygen atoms in total. The monoisotopic (exact) mass is 629 g/mol. The number of fused-ring (bicyclic) bond motifs is 1. The molecular formula is C36H29F2N7O2. The number of pyridine rings is 1. The van der Waals surface area contributed by atoms with Gasteiger partial charge in [-0.1, -0.05) is 36.4 Å². The maximum Gasteiger partial charge on any atom is 0.261 e. The Hall–Kier alpha value is -5.97. The largest absolute Gasteiger partial charge is 0.356 e. The van der Waals surface area contributed by atoms with Crippen molar-refractivity contribution in [3.05, 3.63) is 126 Å². The number of rotatable bonds is 10. The van der Waals surface area contributed by atoms with E-state index in [4.69, 9.17) is 9.97 Å². The third kappa shape index (κ3) is 6.55. The van der Waals surface area contributed by atoms with Gasteiger partial charge in [0.1, 0.15) is 22.8 Å². The molecule has 1 saturated carbocycles. The molecule has 3 heterocycles. The molecule has 2 amide bonds. The first-order valence-corrected chi connectivity index (χ1v) is 15.2. The fraction of sp³-hybridized carbons (Fsp3) is 0.139. The van der Waals surface area contributed by atoms with Gasteiger partial charge < -0.3 is 16.0 Å². The van der Waals surface area contributed by atoms with Crippen LogP contribution in [0.5, 0.6) is 0 Å². The fourth-order valence-electron chi connectivity index (χ4n) is 5.35. The Bertz CT molecular complexity index is 2090. The van der Waals surface area contributed by atoms with Crippen LogP contribution in [0, 0.1) is 17.6 Å². The quantitative estimate of drug-likeness (QED) is 0.154. The van der Waals surface area contributed by atoms with Gasteiger partial charge in [0, 0.05) is 41.8 Å². The van der Waals surface area contributed by atoms with E-state index in [0.717, 1.165) is 42.6 Å². The van der Waals surface area contributed by atoms with Gasteiger partial charge in [-0.2, -0.15) is 0 Å². The summed E-state index contributed by atoms with van der Waals surface area (Å²) < 4.78 is 30.4. The number of carbonyl (C=O) groups is 2. The molecule has 0 atom stereocenters. The summed E-state index contributed by atoms with van der Waals surface area (Å²) in [6, 6.07) is 25.5. The molecule has 1 aliphatic rings. The van der Waals surface area contributed by atoms with Gasteiger partial charge in [0.15, 0.2) is 0 Å². The highest BCUT2D eigenvalue weighted by atomic mass is 19.1. The molecule has 3 N–H and O–H groups in total. The summed E-state index contributed by atoms with van der Waals surface area (Å²) in [5.74, 6) is -2.06. The lowest BCUT2D eigenvalue weighted by molar-refractivity contribution is -0.122. The maximum absolute atomic E-state index is 14.2. The molecule has 0 saturated heterocycles. The summed E-state index contributed by atoms with van der Waals surface area (Å²) in [5.41, 5.74) is 4.82. The highest BCUT2D eigenvalue weighted by molar-refractivity contribution is 6.05. The topological polar surface area (TPSA) is 113 Å². The molecule has 3 aromatic heterocycles. The van der Waals surface area contributed by atoms with Crippen molar-refractivity contribution < 1.29 is 18.4 Å². The predicted octanol–water partition coefficient (Wildman–Crippen LogP) is 6.80. The molecule has 11 heteroatoms. The van der Waals surface area contributed by atoms with Crippen LogP contribution in [0.25, 0.3) is 28.3 Å². The van der Waals surface area contributed by atoms with Crippen LogP contribution in [0.15, 0.2) is 103 Å². The summed E-state index contributed by atoms with van der Waals surface area (Å²) in [7, 11) is 0. The van der Waals surface area contributed by atoms with Crippen LogP contribution in [-0.2, 0) is 11.2 Å². The number of nitrogens with one attached hydrogen (secondary N) is 3. The van der Waals surface area contributed by atoms with Crippen molar-refractivity contribution in [2.75, 3.05) is 17.2 Å². The lowest BCUT2D eigenvalue weighted by Crippen LogP contribution is -2.26. The normalized spacial score (nSPS) is 12.6. The second-order valence-corrected chi connectivity index (χ2v) is 11.3. The number of imidazole rings is 1. The Morgan fingerprint density at radius 3 is 2.43 bits per heavy atom. The summed E-state index contributed by atoms with van der Waals surface area (Å²) in [4.78, 5) is 38.8. The lowest BCUT2D eigenvalue weighted by atomic mass is 10.1. The molecule has 7 rings (SSSR count). The van der Waals surface area contributed by atoms with E-state index in [-0.39, 0.29) is 11.8 Å². The van der Waals surface area contributed by atoms with Gasteiger partial charge in [-0.3, -0.25) is 14.0 Å². The van der Waals surface area contributed by atoms with Crippen molar-refractivity contribution in [2.24, 2.45) is 5.92 Å². The molecule has 47 heavy (non-hydrogen) atoms. The number of anilines is 3. The summed E-state index contributed by atoms with van der Waals surface area (Å²) in [6.07, 6.45) is 6.26. The van der Waals surface area contributed by atoms with Crippen molar-refractivity contribution >= 4 is 34.8 Å². The van der Waals surface area contributed by atoms with Gasteiger partial charge in [0.2, 0.25) is 11.9 Å². The van der Waals surface area contributed by atoms with Crippen LogP contribution in [0.4, 0.5) is 26.1 Å². The minimum Gasteiger partial charge on any atom is -0.356 e. The van der Waals surface area contributed by atoms with E-state index in [9.17, 15) is 18.4 Å².